The maximum absolute atomic E-state index is 4.47. The topological polar surface area (TPSA) is 43.6 Å². The van der Waals surface area contributed by atoms with Gasteiger partial charge in [-0.05, 0) is 29.8 Å². The third-order valence-corrected chi connectivity index (χ3v) is 3.89. The fraction of sp³-hybridized carbons (Fsp3) is 0.133. The van der Waals surface area contributed by atoms with Crippen LogP contribution in [0.5, 0.6) is 0 Å². The number of nitrogens with zero attached hydrogens (tertiary/aromatic N) is 4. The molecule has 0 unspecified atom stereocenters. The SMILES string of the molecule is C=C(C)n1nc(C)c2c(Br)c(-c3ccccc3)nnc21. The Kier molecular flexibility index (Phi) is 3.14. The van der Waals surface area contributed by atoms with E-state index in [4.69, 9.17) is 0 Å². The standard InChI is InChI=1S/C15H13BrN4/c1-9(2)20-15-12(10(3)19-20)13(16)14(17-18-15)11-7-5-4-6-8-11/h4-8H,1H2,2-3H3. The Balaban J connectivity index is 2.32. The van der Waals surface area contributed by atoms with Gasteiger partial charge in [0.2, 0.25) is 0 Å². The first-order valence-corrected chi connectivity index (χ1v) is 7.01. The van der Waals surface area contributed by atoms with Crippen LogP contribution < -0.4 is 0 Å². The van der Waals surface area contributed by atoms with Crippen molar-refractivity contribution in [1.29, 1.82) is 0 Å². The molecule has 0 aliphatic rings. The lowest BCUT2D eigenvalue weighted by atomic mass is 10.1. The summed E-state index contributed by atoms with van der Waals surface area (Å²) in [5, 5.41) is 14.1. The van der Waals surface area contributed by atoms with Crippen molar-refractivity contribution in [2.45, 2.75) is 13.8 Å². The molecule has 0 atom stereocenters. The quantitative estimate of drug-likeness (QED) is 0.712. The van der Waals surface area contributed by atoms with Crippen LogP contribution in [0, 0.1) is 6.92 Å². The van der Waals surface area contributed by atoms with E-state index >= 15 is 0 Å². The summed E-state index contributed by atoms with van der Waals surface area (Å²) in [5.74, 6) is 0. The first-order valence-electron chi connectivity index (χ1n) is 6.22. The molecule has 3 rings (SSSR count). The second-order valence-corrected chi connectivity index (χ2v) is 5.45. The molecule has 5 heteroatoms. The van der Waals surface area contributed by atoms with Gasteiger partial charge in [0.05, 0.1) is 15.6 Å². The molecule has 0 radical (unpaired) electrons. The summed E-state index contributed by atoms with van der Waals surface area (Å²) >= 11 is 3.65. The molecule has 20 heavy (non-hydrogen) atoms. The van der Waals surface area contributed by atoms with Gasteiger partial charge in [-0.1, -0.05) is 36.9 Å². The van der Waals surface area contributed by atoms with Crippen molar-refractivity contribution in [3.63, 3.8) is 0 Å². The van der Waals surface area contributed by atoms with Gasteiger partial charge in [0.1, 0.15) is 5.69 Å². The van der Waals surface area contributed by atoms with Crippen molar-refractivity contribution in [1.82, 2.24) is 20.0 Å². The van der Waals surface area contributed by atoms with Crippen molar-refractivity contribution in [3.05, 3.63) is 47.1 Å². The summed E-state index contributed by atoms with van der Waals surface area (Å²) in [6.07, 6.45) is 0. The first-order chi connectivity index (χ1) is 9.59. The highest BCUT2D eigenvalue weighted by Gasteiger charge is 2.17. The van der Waals surface area contributed by atoms with Crippen molar-refractivity contribution in [2.75, 3.05) is 0 Å². The fourth-order valence-corrected chi connectivity index (χ4v) is 2.94. The van der Waals surface area contributed by atoms with Gasteiger partial charge in [0.25, 0.3) is 0 Å². The van der Waals surface area contributed by atoms with Crippen LogP contribution >= 0.6 is 15.9 Å². The molecule has 2 aromatic heterocycles. The van der Waals surface area contributed by atoms with Crippen LogP contribution in [0.3, 0.4) is 0 Å². The molecule has 0 fully saturated rings. The maximum atomic E-state index is 4.47. The molecule has 0 aliphatic carbocycles. The minimum atomic E-state index is 0.724. The van der Waals surface area contributed by atoms with Crippen LogP contribution in [0.1, 0.15) is 12.6 Å². The second kappa shape index (κ2) is 4.83. The number of benzene rings is 1. The molecular weight excluding hydrogens is 316 g/mol. The van der Waals surface area contributed by atoms with Gasteiger partial charge in [-0.3, -0.25) is 0 Å². The lowest BCUT2D eigenvalue weighted by Gasteiger charge is -2.05. The van der Waals surface area contributed by atoms with Gasteiger partial charge in [0, 0.05) is 11.3 Å². The summed E-state index contributed by atoms with van der Waals surface area (Å²) < 4.78 is 2.63. The highest BCUT2D eigenvalue weighted by atomic mass is 79.9. The molecule has 2 heterocycles. The van der Waals surface area contributed by atoms with Gasteiger partial charge >= 0.3 is 0 Å². The number of fused-ring (bicyclic) bond motifs is 1. The molecule has 1 aromatic carbocycles. The molecule has 0 bridgehead atoms. The van der Waals surface area contributed by atoms with E-state index in [1.54, 1.807) is 4.68 Å². The number of hydrogen-bond acceptors (Lipinski definition) is 3. The Morgan fingerprint density at radius 1 is 1.20 bits per heavy atom. The van der Waals surface area contributed by atoms with E-state index in [1.807, 2.05) is 44.2 Å². The third-order valence-electron chi connectivity index (χ3n) is 3.12. The molecular formula is C15H13BrN4. The molecule has 0 saturated heterocycles. The normalized spacial score (nSPS) is 10.9. The fourth-order valence-electron chi connectivity index (χ4n) is 2.17. The highest BCUT2D eigenvalue weighted by Crippen LogP contribution is 2.33. The number of rotatable bonds is 2. The molecule has 4 nitrogen and oxygen atoms in total. The van der Waals surface area contributed by atoms with E-state index in [1.165, 1.54) is 0 Å². The van der Waals surface area contributed by atoms with Crippen molar-refractivity contribution in [3.8, 4) is 11.3 Å². The van der Waals surface area contributed by atoms with E-state index in [2.05, 4.69) is 37.8 Å². The van der Waals surface area contributed by atoms with Crippen LogP contribution in [0.15, 0.2) is 41.4 Å². The highest BCUT2D eigenvalue weighted by molar-refractivity contribution is 9.10. The minimum Gasteiger partial charge on any atom is -0.218 e. The molecule has 0 N–H and O–H groups in total. The zero-order valence-corrected chi connectivity index (χ0v) is 12.8. The van der Waals surface area contributed by atoms with Crippen LogP contribution in [0.2, 0.25) is 0 Å². The Morgan fingerprint density at radius 2 is 1.90 bits per heavy atom. The summed E-state index contributed by atoms with van der Waals surface area (Å²) in [6, 6.07) is 9.97. The molecule has 0 amide bonds. The Morgan fingerprint density at radius 3 is 2.55 bits per heavy atom. The van der Waals surface area contributed by atoms with Gasteiger partial charge in [-0.15, -0.1) is 10.2 Å². The summed E-state index contributed by atoms with van der Waals surface area (Å²) in [7, 11) is 0. The Labute approximate surface area is 125 Å². The van der Waals surface area contributed by atoms with Crippen molar-refractivity contribution in [2.24, 2.45) is 0 Å². The van der Waals surface area contributed by atoms with Gasteiger partial charge in [0.15, 0.2) is 5.65 Å². The second-order valence-electron chi connectivity index (χ2n) is 4.66. The average Bonchev–Trinajstić information content (AvgIpc) is 2.78. The van der Waals surface area contributed by atoms with E-state index in [-0.39, 0.29) is 0 Å². The Hall–Kier alpha value is -2.01. The monoisotopic (exact) mass is 328 g/mol. The number of halogens is 1. The molecule has 100 valence electrons. The van der Waals surface area contributed by atoms with Crippen molar-refractivity contribution >= 4 is 32.7 Å². The van der Waals surface area contributed by atoms with Crippen LogP contribution in [-0.2, 0) is 0 Å². The van der Waals surface area contributed by atoms with E-state index < -0.39 is 0 Å². The predicted octanol–water partition coefficient (Wildman–Crippen LogP) is 4.05. The average molecular weight is 329 g/mol. The number of aromatic nitrogens is 4. The predicted molar refractivity (Wildman–Crippen MR) is 84.2 cm³/mol. The van der Waals surface area contributed by atoms with E-state index in [0.29, 0.717) is 0 Å². The maximum Gasteiger partial charge on any atom is 0.186 e. The number of allylic oxidation sites excluding steroid dienone is 1. The summed E-state index contributed by atoms with van der Waals surface area (Å²) in [4.78, 5) is 0. The molecule has 0 aliphatic heterocycles. The first kappa shape index (κ1) is 13.0. The summed E-state index contributed by atoms with van der Waals surface area (Å²) in [5.41, 5.74) is 4.29. The Bertz CT molecular complexity index is 806. The van der Waals surface area contributed by atoms with Crippen LogP contribution in [0.4, 0.5) is 0 Å². The lowest BCUT2D eigenvalue weighted by molar-refractivity contribution is 0.879. The zero-order chi connectivity index (χ0) is 14.3. The van der Waals surface area contributed by atoms with Gasteiger partial charge in [-0.2, -0.15) is 5.10 Å². The van der Waals surface area contributed by atoms with Gasteiger partial charge < -0.3 is 0 Å². The van der Waals surface area contributed by atoms with E-state index in [9.17, 15) is 0 Å². The summed E-state index contributed by atoms with van der Waals surface area (Å²) in [6.45, 7) is 7.77. The largest absolute Gasteiger partial charge is 0.218 e. The van der Waals surface area contributed by atoms with Crippen LogP contribution in [-0.4, -0.2) is 20.0 Å². The lowest BCUT2D eigenvalue weighted by Crippen LogP contribution is -1.98. The zero-order valence-electron chi connectivity index (χ0n) is 11.3. The van der Waals surface area contributed by atoms with Crippen molar-refractivity contribution < 1.29 is 0 Å². The van der Waals surface area contributed by atoms with Gasteiger partial charge in [-0.25, -0.2) is 4.68 Å². The number of hydrogen-bond donors (Lipinski definition) is 0. The molecule has 0 saturated carbocycles. The number of aryl methyl sites for hydroxylation is 1. The van der Waals surface area contributed by atoms with Crippen LogP contribution in [0.25, 0.3) is 28.0 Å². The molecule has 0 spiro atoms. The smallest absolute Gasteiger partial charge is 0.186 e. The minimum absolute atomic E-state index is 0.724. The van der Waals surface area contributed by atoms with E-state index in [0.717, 1.165) is 38.2 Å². The third kappa shape index (κ3) is 1.94. The molecule has 3 aromatic rings.